The number of hydrogen-bond acceptors (Lipinski definition) is 4. The Balaban J connectivity index is 0.00000144. The van der Waals surface area contributed by atoms with E-state index in [1.165, 1.54) is 18.2 Å². The van der Waals surface area contributed by atoms with Crippen LogP contribution in [0.15, 0.2) is 28.3 Å². The first kappa shape index (κ1) is 13.4. The van der Waals surface area contributed by atoms with Crippen LogP contribution < -0.4 is 10.7 Å². The Hall–Kier alpha value is -1.69. The van der Waals surface area contributed by atoms with Crippen molar-refractivity contribution in [1.82, 2.24) is 10.7 Å². The molecule has 0 saturated carbocycles. The van der Waals surface area contributed by atoms with Crippen molar-refractivity contribution in [2.24, 2.45) is 10.1 Å². The summed E-state index contributed by atoms with van der Waals surface area (Å²) in [6.07, 6.45) is 1.09. The molecule has 92 valence electrons. The van der Waals surface area contributed by atoms with Crippen molar-refractivity contribution >= 4 is 24.6 Å². The van der Waals surface area contributed by atoms with Crippen molar-refractivity contribution < 1.29 is 8.78 Å². The third-order valence-corrected chi connectivity index (χ3v) is 2.04. The maximum atomic E-state index is 13.1. The van der Waals surface area contributed by atoms with E-state index >= 15 is 0 Å². The molecular weight excluding hydrogens is 250 g/mol. The van der Waals surface area contributed by atoms with Gasteiger partial charge in [-0.05, 0) is 12.1 Å². The van der Waals surface area contributed by atoms with Gasteiger partial charge in [0, 0.05) is 6.54 Å². The minimum Gasteiger partial charge on any atom is -0.353 e. The Bertz CT molecular complexity index is 428. The molecule has 0 amide bonds. The van der Waals surface area contributed by atoms with E-state index in [0.717, 1.165) is 12.8 Å². The molecule has 1 aliphatic rings. The summed E-state index contributed by atoms with van der Waals surface area (Å²) < 4.78 is 26.3. The van der Waals surface area contributed by atoms with Crippen LogP contribution in [0.2, 0.25) is 0 Å². The second kappa shape index (κ2) is 6.15. The van der Waals surface area contributed by atoms with Crippen LogP contribution in [-0.4, -0.2) is 25.3 Å². The molecule has 1 heterocycles. The van der Waals surface area contributed by atoms with Crippen LogP contribution >= 0.6 is 12.4 Å². The second-order valence-corrected chi connectivity index (χ2v) is 3.16. The number of nitrogens with zero attached hydrogens (tertiary/aromatic N) is 2. The van der Waals surface area contributed by atoms with Crippen molar-refractivity contribution in [3.63, 3.8) is 0 Å². The summed E-state index contributed by atoms with van der Waals surface area (Å²) in [7, 11) is 0. The standard InChI is InChI=1S/C10H10F2N4.ClH/c11-8-2-1-3-9(12)7(8)6-15-16-10-13-4-5-14-10;/h1-3,6H,4-5H2,(H2,13,14,16);1H. The van der Waals surface area contributed by atoms with Crippen molar-refractivity contribution in [1.29, 1.82) is 0 Å². The monoisotopic (exact) mass is 260 g/mol. The fourth-order valence-corrected chi connectivity index (χ4v) is 1.26. The first-order chi connectivity index (χ1) is 7.77. The minimum atomic E-state index is -0.646. The molecular formula is C10H11ClF2N4. The molecule has 1 aromatic carbocycles. The van der Waals surface area contributed by atoms with Crippen LogP contribution in [0.5, 0.6) is 0 Å². The zero-order valence-corrected chi connectivity index (χ0v) is 9.60. The quantitative estimate of drug-likeness (QED) is 0.621. The van der Waals surface area contributed by atoms with Gasteiger partial charge in [-0.3, -0.25) is 0 Å². The van der Waals surface area contributed by atoms with Crippen molar-refractivity contribution in [3.05, 3.63) is 35.4 Å². The Kier molecular flexibility index (Phi) is 4.84. The first-order valence-electron chi connectivity index (χ1n) is 4.79. The SMILES string of the molecule is Cl.Fc1cccc(F)c1C=NNC1=NCCN1. The molecule has 0 radical (unpaired) electrons. The Labute approximate surface area is 103 Å². The predicted octanol–water partition coefficient (Wildman–Crippen LogP) is 1.27. The predicted molar refractivity (Wildman–Crippen MR) is 64.6 cm³/mol. The van der Waals surface area contributed by atoms with E-state index in [-0.39, 0.29) is 18.0 Å². The molecule has 7 heteroatoms. The molecule has 0 unspecified atom stereocenters. The van der Waals surface area contributed by atoms with E-state index in [9.17, 15) is 8.78 Å². The van der Waals surface area contributed by atoms with Gasteiger partial charge in [0.15, 0.2) is 0 Å². The second-order valence-electron chi connectivity index (χ2n) is 3.16. The van der Waals surface area contributed by atoms with Gasteiger partial charge >= 0.3 is 0 Å². The summed E-state index contributed by atoms with van der Waals surface area (Å²) in [6.45, 7) is 1.41. The third kappa shape index (κ3) is 3.39. The molecule has 4 nitrogen and oxygen atoms in total. The zero-order chi connectivity index (χ0) is 11.4. The average Bonchev–Trinajstić information content (AvgIpc) is 2.75. The number of hydrogen-bond donors (Lipinski definition) is 2. The molecule has 0 saturated heterocycles. The van der Waals surface area contributed by atoms with Gasteiger partial charge in [0.1, 0.15) is 11.6 Å². The molecule has 17 heavy (non-hydrogen) atoms. The number of hydrazone groups is 1. The molecule has 1 aliphatic heterocycles. The normalized spacial score (nSPS) is 14.1. The lowest BCUT2D eigenvalue weighted by atomic mass is 10.2. The summed E-state index contributed by atoms with van der Waals surface area (Å²) in [4.78, 5) is 4.00. The summed E-state index contributed by atoms with van der Waals surface area (Å²) >= 11 is 0. The van der Waals surface area contributed by atoms with E-state index in [4.69, 9.17) is 0 Å². The number of rotatable bonds is 2. The van der Waals surface area contributed by atoms with Crippen LogP contribution in [0, 0.1) is 11.6 Å². The molecule has 0 fully saturated rings. The zero-order valence-electron chi connectivity index (χ0n) is 8.78. The summed E-state index contributed by atoms with van der Waals surface area (Å²) in [5, 5.41) is 6.61. The smallest absolute Gasteiger partial charge is 0.212 e. The average molecular weight is 261 g/mol. The molecule has 0 aromatic heterocycles. The molecule has 1 aromatic rings. The van der Waals surface area contributed by atoms with Crippen molar-refractivity contribution in [2.75, 3.05) is 13.1 Å². The molecule has 0 atom stereocenters. The summed E-state index contributed by atoms with van der Waals surface area (Å²) in [6, 6.07) is 3.66. The maximum absolute atomic E-state index is 13.1. The summed E-state index contributed by atoms with van der Waals surface area (Å²) in [5.41, 5.74) is 2.39. The third-order valence-electron chi connectivity index (χ3n) is 2.04. The van der Waals surface area contributed by atoms with Gasteiger partial charge < -0.3 is 5.32 Å². The highest BCUT2D eigenvalue weighted by atomic mass is 35.5. The van der Waals surface area contributed by atoms with Crippen LogP contribution in [0.3, 0.4) is 0 Å². The topological polar surface area (TPSA) is 48.8 Å². The Morgan fingerprint density at radius 2 is 2.06 bits per heavy atom. The van der Waals surface area contributed by atoms with Crippen LogP contribution in [0.4, 0.5) is 8.78 Å². The molecule has 2 N–H and O–H groups in total. The van der Waals surface area contributed by atoms with Gasteiger partial charge in [-0.15, -0.1) is 12.4 Å². The van der Waals surface area contributed by atoms with Crippen molar-refractivity contribution in [3.8, 4) is 0 Å². The van der Waals surface area contributed by atoms with Crippen LogP contribution in [-0.2, 0) is 0 Å². The van der Waals surface area contributed by atoms with Gasteiger partial charge in [-0.2, -0.15) is 5.10 Å². The fourth-order valence-electron chi connectivity index (χ4n) is 1.26. The Morgan fingerprint density at radius 1 is 1.35 bits per heavy atom. The lowest BCUT2D eigenvalue weighted by molar-refractivity contribution is 0.580. The van der Waals surface area contributed by atoms with E-state index in [2.05, 4.69) is 20.8 Å². The van der Waals surface area contributed by atoms with Crippen LogP contribution in [0.1, 0.15) is 5.56 Å². The number of aliphatic imine (C=N–C) groups is 1. The van der Waals surface area contributed by atoms with Gasteiger partial charge in [-0.25, -0.2) is 19.2 Å². The minimum absolute atomic E-state index is 0. The number of benzene rings is 1. The highest BCUT2D eigenvalue weighted by Crippen LogP contribution is 2.08. The fraction of sp³-hybridized carbons (Fsp3) is 0.200. The van der Waals surface area contributed by atoms with Gasteiger partial charge in [-0.1, -0.05) is 6.07 Å². The number of nitrogens with one attached hydrogen (secondary N) is 2. The largest absolute Gasteiger partial charge is 0.353 e. The molecule has 0 bridgehead atoms. The van der Waals surface area contributed by atoms with Gasteiger partial charge in [0.2, 0.25) is 5.96 Å². The van der Waals surface area contributed by atoms with E-state index in [1.54, 1.807) is 0 Å². The molecule has 2 rings (SSSR count). The summed E-state index contributed by atoms with van der Waals surface area (Å²) in [5.74, 6) is -0.785. The highest BCUT2D eigenvalue weighted by Gasteiger charge is 2.06. The van der Waals surface area contributed by atoms with Crippen molar-refractivity contribution in [2.45, 2.75) is 0 Å². The van der Waals surface area contributed by atoms with Gasteiger partial charge in [0.05, 0.1) is 18.3 Å². The molecule has 0 aliphatic carbocycles. The van der Waals surface area contributed by atoms with E-state index < -0.39 is 11.6 Å². The lowest BCUT2D eigenvalue weighted by Crippen LogP contribution is -2.30. The maximum Gasteiger partial charge on any atom is 0.212 e. The van der Waals surface area contributed by atoms with Gasteiger partial charge in [0.25, 0.3) is 0 Å². The Morgan fingerprint density at radius 3 is 2.65 bits per heavy atom. The molecule has 0 spiro atoms. The van der Waals surface area contributed by atoms with E-state index in [0.29, 0.717) is 12.5 Å². The first-order valence-corrected chi connectivity index (χ1v) is 4.79. The van der Waals surface area contributed by atoms with Crippen LogP contribution in [0.25, 0.3) is 0 Å². The lowest BCUT2D eigenvalue weighted by Gasteiger charge is -2.00. The number of halogens is 3. The number of guanidine groups is 1. The van der Waals surface area contributed by atoms with E-state index in [1.807, 2.05) is 0 Å². The highest BCUT2D eigenvalue weighted by molar-refractivity contribution is 5.85.